The lowest BCUT2D eigenvalue weighted by atomic mass is 9.75. The molecule has 5 heteroatoms. The molecule has 0 aliphatic carbocycles. The monoisotopic (exact) mass is 447 g/mol. The second kappa shape index (κ2) is 10.0. The predicted octanol–water partition coefficient (Wildman–Crippen LogP) is 4.40. The summed E-state index contributed by atoms with van der Waals surface area (Å²) in [6.45, 7) is 7.79. The van der Waals surface area contributed by atoms with Crippen molar-refractivity contribution in [3.8, 4) is 0 Å². The van der Waals surface area contributed by atoms with E-state index < -0.39 is 0 Å². The number of hydrogen-bond donors (Lipinski definition) is 1. The Morgan fingerprint density at radius 1 is 0.867 bits per heavy atom. The Morgan fingerprint density at radius 3 is 2.13 bits per heavy atom. The van der Waals surface area contributed by atoms with Gasteiger partial charge in [0.15, 0.2) is 0 Å². The van der Waals surface area contributed by atoms with Crippen LogP contribution in [-0.4, -0.2) is 48.1 Å². The molecule has 2 bridgehead atoms. The molecule has 30 heavy (non-hydrogen) atoms. The maximum atomic E-state index is 5.71. The molecule has 4 heterocycles. The molecule has 6 rings (SSSR count). The molecule has 0 saturated carbocycles. The van der Waals surface area contributed by atoms with E-state index in [4.69, 9.17) is 5.73 Å². The summed E-state index contributed by atoms with van der Waals surface area (Å²) < 4.78 is 0. The summed E-state index contributed by atoms with van der Waals surface area (Å²) in [7, 11) is 0. The van der Waals surface area contributed by atoms with Crippen LogP contribution in [0.25, 0.3) is 0 Å². The van der Waals surface area contributed by atoms with Crippen molar-refractivity contribution in [2.75, 3.05) is 26.2 Å². The number of benzene rings is 2. The summed E-state index contributed by atoms with van der Waals surface area (Å²) in [6.07, 6.45) is 3.74. The SMILES string of the molecule is Cc1ccc([C@@H]2CN(Cc3ccc(CCN)cc3)[C@@H]3C4CCN(CC4)[C@@H]32)cc1.Cl.Cl. The van der Waals surface area contributed by atoms with Gasteiger partial charge in [-0.2, -0.15) is 0 Å². The highest BCUT2D eigenvalue weighted by atomic mass is 35.5. The summed E-state index contributed by atoms with van der Waals surface area (Å²) in [5.74, 6) is 1.52. The van der Waals surface area contributed by atoms with Gasteiger partial charge in [-0.25, -0.2) is 0 Å². The van der Waals surface area contributed by atoms with Crippen molar-refractivity contribution in [2.24, 2.45) is 11.7 Å². The highest BCUT2D eigenvalue weighted by Gasteiger charge is 2.53. The largest absolute Gasteiger partial charge is 0.330 e. The first-order valence-corrected chi connectivity index (χ1v) is 11.1. The van der Waals surface area contributed by atoms with Crippen LogP contribution in [-0.2, 0) is 13.0 Å². The van der Waals surface area contributed by atoms with Crippen molar-refractivity contribution >= 4 is 24.8 Å². The van der Waals surface area contributed by atoms with E-state index in [1.165, 1.54) is 54.7 Å². The van der Waals surface area contributed by atoms with Gasteiger partial charge in [0.2, 0.25) is 0 Å². The van der Waals surface area contributed by atoms with Crippen LogP contribution >= 0.6 is 24.8 Å². The fraction of sp³-hybridized carbons (Fsp3) is 0.520. The quantitative estimate of drug-likeness (QED) is 0.736. The van der Waals surface area contributed by atoms with Gasteiger partial charge in [0.1, 0.15) is 0 Å². The minimum atomic E-state index is 0. The van der Waals surface area contributed by atoms with Crippen molar-refractivity contribution in [3.05, 3.63) is 70.8 Å². The van der Waals surface area contributed by atoms with E-state index in [9.17, 15) is 0 Å². The molecule has 4 fully saturated rings. The van der Waals surface area contributed by atoms with E-state index in [0.717, 1.165) is 31.5 Å². The van der Waals surface area contributed by atoms with Gasteiger partial charge in [-0.05, 0) is 68.4 Å². The molecular formula is C25H35Cl2N3. The number of aryl methyl sites for hydroxylation is 1. The topological polar surface area (TPSA) is 32.5 Å². The molecule has 2 aromatic carbocycles. The Morgan fingerprint density at radius 2 is 1.50 bits per heavy atom. The third kappa shape index (κ3) is 4.42. The second-order valence-corrected chi connectivity index (χ2v) is 9.16. The van der Waals surface area contributed by atoms with Gasteiger partial charge in [-0.3, -0.25) is 9.80 Å². The van der Waals surface area contributed by atoms with Gasteiger partial charge >= 0.3 is 0 Å². The van der Waals surface area contributed by atoms with Crippen LogP contribution in [0.3, 0.4) is 0 Å². The fourth-order valence-electron chi connectivity index (χ4n) is 6.04. The Kier molecular flexibility index (Phi) is 7.86. The highest BCUT2D eigenvalue weighted by Crippen LogP contribution is 2.47. The third-order valence-electron chi connectivity index (χ3n) is 7.44. The Hall–Kier alpha value is -1.10. The normalized spacial score (nSPS) is 29.7. The highest BCUT2D eigenvalue weighted by molar-refractivity contribution is 5.85. The number of likely N-dealkylation sites (tertiary alicyclic amines) is 1. The first-order valence-electron chi connectivity index (χ1n) is 11.1. The minimum Gasteiger partial charge on any atom is -0.330 e. The summed E-state index contributed by atoms with van der Waals surface area (Å²) >= 11 is 0. The molecule has 2 N–H and O–H groups in total. The molecule has 4 saturated heterocycles. The summed E-state index contributed by atoms with van der Waals surface area (Å²) in [4.78, 5) is 5.61. The molecule has 3 nitrogen and oxygen atoms in total. The van der Waals surface area contributed by atoms with Crippen LogP contribution in [0.1, 0.15) is 41.0 Å². The van der Waals surface area contributed by atoms with Crippen LogP contribution in [0.5, 0.6) is 0 Å². The van der Waals surface area contributed by atoms with Crippen molar-refractivity contribution < 1.29 is 0 Å². The Labute approximate surface area is 193 Å². The maximum Gasteiger partial charge on any atom is 0.0335 e. The molecule has 4 aliphatic heterocycles. The number of rotatable bonds is 5. The molecule has 3 atom stereocenters. The zero-order valence-corrected chi connectivity index (χ0v) is 19.5. The first kappa shape index (κ1) is 23.6. The lowest BCUT2D eigenvalue weighted by molar-refractivity contribution is -0.00869. The summed E-state index contributed by atoms with van der Waals surface area (Å²) in [5.41, 5.74) is 11.4. The predicted molar refractivity (Wildman–Crippen MR) is 130 cm³/mol. The summed E-state index contributed by atoms with van der Waals surface area (Å²) in [5, 5.41) is 0. The van der Waals surface area contributed by atoms with Gasteiger partial charge < -0.3 is 5.73 Å². The van der Waals surface area contributed by atoms with E-state index in [1.807, 2.05) is 0 Å². The van der Waals surface area contributed by atoms with E-state index >= 15 is 0 Å². The van der Waals surface area contributed by atoms with Crippen molar-refractivity contribution in [1.29, 1.82) is 0 Å². The fourth-order valence-corrected chi connectivity index (χ4v) is 6.04. The number of halogens is 2. The molecule has 0 spiro atoms. The number of hydrogen-bond acceptors (Lipinski definition) is 3. The number of piperidine rings is 3. The number of fused-ring (bicyclic) bond motifs is 2. The van der Waals surface area contributed by atoms with Crippen LogP contribution < -0.4 is 5.73 Å². The molecule has 0 radical (unpaired) electrons. The zero-order valence-electron chi connectivity index (χ0n) is 17.9. The number of nitrogens with zero attached hydrogens (tertiary/aromatic N) is 2. The third-order valence-corrected chi connectivity index (χ3v) is 7.44. The zero-order chi connectivity index (χ0) is 19.1. The molecule has 0 unspecified atom stereocenters. The van der Waals surface area contributed by atoms with Crippen LogP contribution in [0.4, 0.5) is 0 Å². The molecule has 4 aliphatic rings. The standard InChI is InChI=1S/C25H33N3.2ClH/c1-18-2-8-21(9-3-18)23-17-28(16-20-6-4-19(5-7-20)10-13-26)24-22-11-14-27(15-12-22)25(23)24;;/h2-9,22-25H,10-17,26H2,1H3;2*1H/t23-,24+,25+;;/m0../s1. The van der Waals surface area contributed by atoms with E-state index in [-0.39, 0.29) is 24.8 Å². The molecule has 2 aromatic rings. The van der Waals surface area contributed by atoms with Crippen LogP contribution in [0.2, 0.25) is 0 Å². The van der Waals surface area contributed by atoms with E-state index in [2.05, 4.69) is 65.3 Å². The van der Waals surface area contributed by atoms with Crippen molar-refractivity contribution in [1.82, 2.24) is 9.80 Å². The minimum absolute atomic E-state index is 0. The van der Waals surface area contributed by atoms with Crippen LogP contribution in [0.15, 0.2) is 48.5 Å². The first-order chi connectivity index (χ1) is 13.7. The van der Waals surface area contributed by atoms with Crippen LogP contribution in [0, 0.1) is 12.8 Å². The average Bonchev–Trinajstić information content (AvgIpc) is 3.13. The molecular weight excluding hydrogens is 413 g/mol. The second-order valence-electron chi connectivity index (χ2n) is 9.16. The van der Waals surface area contributed by atoms with E-state index in [1.54, 1.807) is 0 Å². The van der Waals surface area contributed by atoms with Gasteiger partial charge in [0, 0.05) is 31.1 Å². The van der Waals surface area contributed by atoms with Gasteiger partial charge in [-0.1, -0.05) is 54.1 Å². The van der Waals surface area contributed by atoms with E-state index in [0.29, 0.717) is 12.0 Å². The van der Waals surface area contributed by atoms with Gasteiger partial charge in [0.05, 0.1) is 0 Å². The molecule has 164 valence electrons. The smallest absolute Gasteiger partial charge is 0.0335 e. The van der Waals surface area contributed by atoms with Gasteiger partial charge in [0.25, 0.3) is 0 Å². The summed E-state index contributed by atoms with van der Waals surface area (Å²) in [6, 6.07) is 19.9. The lowest BCUT2D eigenvalue weighted by Gasteiger charge is -2.51. The Balaban J connectivity index is 0.00000128. The maximum absolute atomic E-state index is 5.71. The molecule has 0 aromatic heterocycles. The van der Waals surface area contributed by atoms with Crippen molar-refractivity contribution in [2.45, 2.75) is 50.7 Å². The number of nitrogens with two attached hydrogens (primary N) is 1. The van der Waals surface area contributed by atoms with Gasteiger partial charge in [-0.15, -0.1) is 24.8 Å². The molecule has 0 amide bonds. The van der Waals surface area contributed by atoms with Crippen molar-refractivity contribution in [3.63, 3.8) is 0 Å². The Bertz CT molecular complexity index is 800. The lowest BCUT2D eigenvalue weighted by Crippen LogP contribution is -2.59. The average molecular weight is 448 g/mol.